The van der Waals surface area contributed by atoms with Crippen LogP contribution in [0.1, 0.15) is 125 Å². The second-order valence-corrected chi connectivity index (χ2v) is 16.8. The lowest BCUT2D eigenvalue weighted by atomic mass is 9.72. The van der Waals surface area contributed by atoms with Crippen molar-refractivity contribution in [3.63, 3.8) is 0 Å². The van der Waals surface area contributed by atoms with Gasteiger partial charge in [0, 0.05) is 18.2 Å². The molecule has 0 atom stereocenters. The van der Waals surface area contributed by atoms with E-state index in [1.807, 2.05) is 69.3 Å². The number of carbonyl (C=O) groups is 2. The number of carbonyl (C=O) groups excluding carboxylic acids is 2. The summed E-state index contributed by atoms with van der Waals surface area (Å²) >= 11 is 0. The zero-order valence-corrected chi connectivity index (χ0v) is 35.7. The van der Waals surface area contributed by atoms with Crippen LogP contribution in [-0.4, -0.2) is 35.5 Å². The molecule has 0 aromatic heterocycles. The lowest BCUT2D eigenvalue weighted by molar-refractivity contribution is -0.116. The molecule has 0 aliphatic heterocycles. The van der Waals surface area contributed by atoms with Crippen LogP contribution in [0.3, 0.4) is 0 Å². The van der Waals surface area contributed by atoms with Crippen molar-refractivity contribution in [2.45, 2.75) is 115 Å². The highest BCUT2D eigenvalue weighted by Crippen LogP contribution is 2.41. The van der Waals surface area contributed by atoms with Crippen molar-refractivity contribution in [2.24, 2.45) is 15.9 Å². The highest BCUT2D eigenvalue weighted by atomic mass is 16.2. The Labute approximate surface area is 333 Å². The smallest absolute Gasteiger partial charge is 0.264 e. The summed E-state index contributed by atoms with van der Waals surface area (Å²) < 4.78 is 0. The number of benzene rings is 1. The molecule has 0 bridgehead atoms. The quantitative estimate of drug-likeness (QED) is 0.0842. The molecule has 5 nitrogen and oxygen atoms in total. The maximum atomic E-state index is 13.6. The van der Waals surface area contributed by atoms with Gasteiger partial charge in [0.15, 0.2) is 0 Å². The van der Waals surface area contributed by atoms with Crippen molar-refractivity contribution in [3.05, 3.63) is 153 Å². The number of rotatable bonds is 15. The fourth-order valence-corrected chi connectivity index (χ4v) is 7.32. The molecule has 2 aliphatic rings. The predicted octanol–water partition coefficient (Wildman–Crippen LogP) is 12.7. The summed E-state index contributed by atoms with van der Waals surface area (Å²) in [6.45, 7) is 24.5. The lowest BCUT2D eigenvalue weighted by Gasteiger charge is -2.33. The molecule has 2 aliphatic carbocycles. The van der Waals surface area contributed by atoms with E-state index in [0.29, 0.717) is 17.8 Å². The topological polar surface area (TPSA) is 61.8 Å². The number of hydrogen-bond donors (Lipinski definition) is 1. The Hall–Kier alpha value is -4.77. The van der Waals surface area contributed by atoms with E-state index in [4.69, 9.17) is 0 Å². The minimum atomic E-state index is -0.321. The third-order valence-electron chi connectivity index (χ3n) is 10.6. The first-order valence-electron chi connectivity index (χ1n) is 20.0. The first kappa shape index (κ1) is 44.6. The van der Waals surface area contributed by atoms with Crippen LogP contribution in [0.4, 0.5) is 0 Å². The molecule has 0 heterocycles. The number of allylic oxidation sites excluding steroid dienone is 18. The van der Waals surface area contributed by atoms with Crippen LogP contribution in [-0.2, 0) is 4.79 Å². The molecule has 0 unspecified atom stereocenters. The van der Waals surface area contributed by atoms with Crippen molar-refractivity contribution < 1.29 is 9.59 Å². The SMILES string of the molecule is CC(C=CC1=C(C)CCCC1(C)C)=CC=CC(C)=CCN(CC(C)=NNC(=O)C=C(C)C=CC=C(C)C=CC1=C(C)CCCC1(C)C)C(=O)c1ccccc1. The average Bonchev–Trinajstić information content (AvgIpc) is 3.11. The van der Waals surface area contributed by atoms with E-state index in [0.717, 1.165) is 16.7 Å². The van der Waals surface area contributed by atoms with Crippen LogP contribution in [0.15, 0.2) is 153 Å². The summed E-state index contributed by atoms with van der Waals surface area (Å²) in [6, 6.07) is 9.25. The van der Waals surface area contributed by atoms with Crippen LogP contribution < -0.4 is 5.43 Å². The fourth-order valence-electron chi connectivity index (χ4n) is 7.32. The van der Waals surface area contributed by atoms with Gasteiger partial charge in [-0.25, -0.2) is 5.43 Å². The molecule has 0 spiro atoms. The van der Waals surface area contributed by atoms with Crippen LogP contribution in [0.5, 0.6) is 0 Å². The van der Waals surface area contributed by atoms with E-state index in [1.165, 1.54) is 72.5 Å². The molecule has 1 N–H and O–H groups in total. The summed E-state index contributed by atoms with van der Waals surface area (Å²) in [6.07, 6.45) is 32.0. The Balaban J connectivity index is 1.62. The van der Waals surface area contributed by atoms with Gasteiger partial charge in [0.2, 0.25) is 0 Å². The minimum absolute atomic E-state index is 0.0981. The molecule has 1 aromatic carbocycles. The Morgan fingerprint density at radius 3 is 1.75 bits per heavy atom. The zero-order valence-electron chi connectivity index (χ0n) is 35.7. The summed E-state index contributed by atoms with van der Waals surface area (Å²) in [5.74, 6) is -0.419. The van der Waals surface area contributed by atoms with Gasteiger partial charge in [-0.1, -0.05) is 141 Å². The first-order valence-corrected chi connectivity index (χ1v) is 20.0. The molecule has 5 heteroatoms. The molecule has 294 valence electrons. The summed E-state index contributed by atoms with van der Waals surface area (Å²) in [7, 11) is 0. The average molecular weight is 742 g/mol. The van der Waals surface area contributed by atoms with Gasteiger partial charge >= 0.3 is 0 Å². The van der Waals surface area contributed by atoms with Gasteiger partial charge < -0.3 is 4.90 Å². The Bertz CT molecular complexity index is 1860. The van der Waals surface area contributed by atoms with Gasteiger partial charge in [-0.15, -0.1) is 0 Å². The van der Waals surface area contributed by atoms with Crippen molar-refractivity contribution in [1.29, 1.82) is 0 Å². The standard InChI is InChI=1S/C50H67N3O2/c1-37(27-29-45-41(5)23-17-32-49(45,8)9)19-15-21-39(3)31-34-53(48(55)44-25-13-12-14-26-44)36-43(7)51-52-47(54)35-40(4)22-16-20-38(2)28-30-46-42(6)24-18-33-50(46,10)11/h12-16,19-22,25-31,35H,17-18,23-24,32-34,36H2,1-11H3,(H,52,54). The highest BCUT2D eigenvalue weighted by Gasteiger charge is 2.27. The van der Waals surface area contributed by atoms with Gasteiger partial charge in [-0.3, -0.25) is 9.59 Å². The molecule has 0 saturated carbocycles. The van der Waals surface area contributed by atoms with E-state index in [9.17, 15) is 9.59 Å². The monoisotopic (exact) mass is 742 g/mol. The molecule has 55 heavy (non-hydrogen) atoms. The van der Waals surface area contributed by atoms with E-state index >= 15 is 0 Å². The van der Waals surface area contributed by atoms with Gasteiger partial charge in [0.1, 0.15) is 0 Å². The van der Waals surface area contributed by atoms with Crippen LogP contribution >= 0.6 is 0 Å². The molecular weight excluding hydrogens is 675 g/mol. The molecule has 0 radical (unpaired) electrons. The van der Waals surface area contributed by atoms with Crippen molar-refractivity contribution >= 4 is 17.5 Å². The van der Waals surface area contributed by atoms with Gasteiger partial charge in [-0.2, -0.15) is 5.10 Å². The van der Waals surface area contributed by atoms with E-state index in [-0.39, 0.29) is 29.2 Å². The maximum Gasteiger partial charge on any atom is 0.264 e. The number of amides is 2. The van der Waals surface area contributed by atoms with Crippen molar-refractivity contribution in [3.8, 4) is 0 Å². The Kier molecular flexibility index (Phi) is 17.3. The predicted molar refractivity (Wildman–Crippen MR) is 236 cm³/mol. The summed E-state index contributed by atoms with van der Waals surface area (Å²) in [5.41, 5.74) is 14.4. The molecule has 3 rings (SSSR count). The molecule has 2 amide bonds. The Morgan fingerprint density at radius 1 is 0.727 bits per heavy atom. The number of nitrogens with zero attached hydrogens (tertiary/aromatic N) is 2. The largest absolute Gasteiger partial charge is 0.329 e. The minimum Gasteiger partial charge on any atom is -0.329 e. The Morgan fingerprint density at radius 2 is 1.24 bits per heavy atom. The second kappa shape index (κ2) is 21.4. The van der Waals surface area contributed by atoms with Gasteiger partial charge in [0.25, 0.3) is 11.8 Å². The van der Waals surface area contributed by atoms with E-state index in [1.54, 1.807) is 4.90 Å². The van der Waals surface area contributed by atoms with E-state index < -0.39 is 0 Å². The fraction of sp³-hybridized carbons (Fsp3) is 0.420. The van der Waals surface area contributed by atoms with E-state index in [2.05, 4.69) is 115 Å². The van der Waals surface area contributed by atoms with Crippen LogP contribution in [0.25, 0.3) is 0 Å². The lowest BCUT2D eigenvalue weighted by Crippen LogP contribution is -2.36. The highest BCUT2D eigenvalue weighted by molar-refractivity contribution is 5.98. The zero-order chi connectivity index (χ0) is 40.6. The maximum absolute atomic E-state index is 13.6. The van der Waals surface area contributed by atoms with Crippen molar-refractivity contribution in [1.82, 2.24) is 10.3 Å². The number of hydrogen-bond acceptors (Lipinski definition) is 3. The second-order valence-electron chi connectivity index (χ2n) is 16.8. The third-order valence-corrected chi connectivity index (χ3v) is 10.6. The normalized spacial score (nSPS) is 19.1. The molecule has 0 fully saturated rings. The number of nitrogens with one attached hydrogen (secondary N) is 1. The number of hydrazone groups is 1. The van der Waals surface area contributed by atoms with Crippen LogP contribution in [0.2, 0.25) is 0 Å². The van der Waals surface area contributed by atoms with Crippen molar-refractivity contribution in [2.75, 3.05) is 13.1 Å². The van der Waals surface area contributed by atoms with Gasteiger partial charge in [0.05, 0.1) is 12.3 Å². The molecular formula is C50H67N3O2. The molecule has 1 aromatic rings. The summed E-state index contributed by atoms with van der Waals surface area (Å²) in [5, 5.41) is 4.33. The van der Waals surface area contributed by atoms with Crippen LogP contribution in [0, 0.1) is 10.8 Å². The van der Waals surface area contributed by atoms with Gasteiger partial charge in [-0.05, 0) is 127 Å². The summed E-state index contributed by atoms with van der Waals surface area (Å²) in [4.78, 5) is 28.0. The first-order chi connectivity index (χ1) is 26.0. The third kappa shape index (κ3) is 15.1. The molecule has 0 saturated heterocycles.